The second-order valence-electron chi connectivity index (χ2n) is 6.20. The van der Waals surface area contributed by atoms with Crippen molar-refractivity contribution in [1.82, 2.24) is 9.80 Å². The van der Waals surface area contributed by atoms with Gasteiger partial charge < -0.3 is 4.90 Å². The van der Waals surface area contributed by atoms with Crippen LogP contribution in [-0.4, -0.2) is 47.5 Å². The molecule has 0 unspecified atom stereocenters. The smallest absolute Gasteiger partial charge is 0.0983 e. The number of hydrogen-bond donors (Lipinski definition) is 0. The highest BCUT2D eigenvalue weighted by Crippen LogP contribution is 2.37. The maximum atomic E-state index is 6.45. The van der Waals surface area contributed by atoms with Crippen LogP contribution >= 0.6 is 11.6 Å². The fraction of sp³-hybridized carbons (Fsp3) is 1.00. The molecular weight excluding hydrogens is 208 g/mol. The SMILES string of the molecule is CN1CCN(C(C)(C)C(C)(C)C)[C@H](Cl)C1. The Labute approximate surface area is 99.6 Å². The van der Waals surface area contributed by atoms with Crippen molar-refractivity contribution >= 4 is 11.6 Å². The molecule has 3 heteroatoms. The number of likely N-dealkylation sites (N-methyl/N-ethyl adjacent to an activating group) is 1. The number of nitrogens with zero attached hydrogens (tertiary/aromatic N) is 2. The lowest BCUT2D eigenvalue weighted by atomic mass is 9.75. The number of hydrogen-bond acceptors (Lipinski definition) is 2. The van der Waals surface area contributed by atoms with Crippen LogP contribution in [0.15, 0.2) is 0 Å². The Morgan fingerprint density at radius 1 is 1.07 bits per heavy atom. The molecule has 1 aliphatic rings. The normalized spacial score (nSPS) is 27.0. The van der Waals surface area contributed by atoms with E-state index in [4.69, 9.17) is 11.6 Å². The third-order valence-electron chi connectivity index (χ3n) is 4.08. The van der Waals surface area contributed by atoms with Crippen LogP contribution in [0.3, 0.4) is 0 Å². The highest BCUT2D eigenvalue weighted by Gasteiger charge is 2.42. The zero-order chi connectivity index (χ0) is 11.9. The average molecular weight is 233 g/mol. The van der Waals surface area contributed by atoms with E-state index in [9.17, 15) is 0 Å². The monoisotopic (exact) mass is 232 g/mol. The van der Waals surface area contributed by atoms with Crippen LogP contribution in [0.2, 0.25) is 0 Å². The van der Waals surface area contributed by atoms with Gasteiger partial charge in [0.1, 0.15) is 0 Å². The lowest BCUT2D eigenvalue weighted by Gasteiger charge is -2.52. The molecule has 0 aromatic rings. The first-order valence-corrected chi connectivity index (χ1v) is 6.19. The Morgan fingerprint density at radius 3 is 2.00 bits per heavy atom. The molecule has 1 aliphatic heterocycles. The third-order valence-corrected chi connectivity index (χ3v) is 4.45. The lowest BCUT2D eigenvalue weighted by Crippen LogP contribution is -2.61. The number of piperazine rings is 1. The summed E-state index contributed by atoms with van der Waals surface area (Å²) in [7, 11) is 2.14. The van der Waals surface area contributed by atoms with Gasteiger partial charge in [0.2, 0.25) is 0 Å². The summed E-state index contributed by atoms with van der Waals surface area (Å²) in [5.41, 5.74) is 0.523. The van der Waals surface area contributed by atoms with E-state index in [-0.39, 0.29) is 16.5 Å². The molecule has 1 rings (SSSR count). The van der Waals surface area contributed by atoms with Gasteiger partial charge in [-0.1, -0.05) is 20.8 Å². The summed E-state index contributed by atoms with van der Waals surface area (Å²) in [6, 6.07) is 0. The summed E-state index contributed by atoms with van der Waals surface area (Å²) < 4.78 is 0. The van der Waals surface area contributed by atoms with Gasteiger partial charge in [-0.3, -0.25) is 4.90 Å². The average Bonchev–Trinajstić information content (AvgIpc) is 2.00. The summed E-state index contributed by atoms with van der Waals surface area (Å²) in [6.07, 6.45) is 0. The summed E-state index contributed by atoms with van der Waals surface area (Å²) in [5.74, 6) is 0. The molecule has 0 spiro atoms. The molecule has 1 saturated heterocycles. The van der Waals surface area contributed by atoms with Gasteiger partial charge >= 0.3 is 0 Å². The molecule has 0 radical (unpaired) electrons. The Hall–Kier alpha value is 0.210. The van der Waals surface area contributed by atoms with Crippen molar-refractivity contribution in [2.45, 2.75) is 45.7 Å². The molecule has 1 fully saturated rings. The van der Waals surface area contributed by atoms with Crippen LogP contribution in [0.4, 0.5) is 0 Å². The van der Waals surface area contributed by atoms with Crippen LogP contribution in [0.1, 0.15) is 34.6 Å². The van der Waals surface area contributed by atoms with Gasteiger partial charge in [-0.15, -0.1) is 11.6 Å². The summed E-state index contributed by atoms with van der Waals surface area (Å²) in [6.45, 7) is 14.6. The van der Waals surface area contributed by atoms with Crippen LogP contribution in [-0.2, 0) is 0 Å². The summed E-state index contributed by atoms with van der Waals surface area (Å²) >= 11 is 6.45. The van der Waals surface area contributed by atoms with E-state index in [1.165, 1.54) is 0 Å². The molecule has 0 aliphatic carbocycles. The zero-order valence-electron chi connectivity index (χ0n) is 11.0. The van der Waals surface area contributed by atoms with Crippen molar-refractivity contribution in [2.24, 2.45) is 5.41 Å². The highest BCUT2D eigenvalue weighted by atomic mass is 35.5. The molecule has 2 nitrogen and oxygen atoms in total. The molecule has 90 valence electrons. The zero-order valence-corrected chi connectivity index (χ0v) is 11.7. The van der Waals surface area contributed by atoms with Crippen molar-refractivity contribution in [1.29, 1.82) is 0 Å². The van der Waals surface area contributed by atoms with Crippen molar-refractivity contribution in [2.75, 3.05) is 26.7 Å². The summed E-state index contributed by atoms with van der Waals surface area (Å²) in [5, 5.41) is 0. The van der Waals surface area contributed by atoms with E-state index in [2.05, 4.69) is 51.5 Å². The maximum Gasteiger partial charge on any atom is 0.0983 e. The fourth-order valence-electron chi connectivity index (χ4n) is 1.93. The predicted molar refractivity (Wildman–Crippen MR) is 67.4 cm³/mol. The van der Waals surface area contributed by atoms with Crippen LogP contribution in [0, 0.1) is 5.41 Å². The minimum Gasteiger partial charge on any atom is -0.302 e. The van der Waals surface area contributed by atoms with Gasteiger partial charge in [0.15, 0.2) is 0 Å². The number of halogens is 1. The minimum absolute atomic E-state index is 0.137. The topological polar surface area (TPSA) is 6.48 Å². The van der Waals surface area contributed by atoms with Gasteiger partial charge in [0.05, 0.1) is 5.50 Å². The van der Waals surface area contributed by atoms with Crippen LogP contribution in [0.5, 0.6) is 0 Å². The molecule has 0 amide bonds. The van der Waals surface area contributed by atoms with Gasteiger partial charge in [0.25, 0.3) is 0 Å². The molecule has 1 heterocycles. The Balaban J connectivity index is 2.79. The quantitative estimate of drug-likeness (QED) is 0.507. The van der Waals surface area contributed by atoms with E-state index < -0.39 is 0 Å². The van der Waals surface area contributed by atoms with Crippen LogP contribution in [0.25, 0.3) is 0 Å². The van der Waals surface area contributed by atoms with E-state index in [0.717, 1.165) is 19.6 Å². The summed E-state index contributed by atoms with van der Waals surface area (Å²) in [4.78, 5) is 4.74. The fourth-order valence-corrected chi connectivity index (χ4v) is 2.50. The first kappa shape index (κ1) is 13.3. The largest absolute Gasteiger partial charge is 0.302 e. The lowest BCUT2D eigenvalue weighted by molar-refractivity contribution is -0.0211. The standard InChI is InChI=1S/C12H25ClN2/c1-11(2,3)12(4,5)15-8-7-14(6)9-10(15)13/h10H,7-9H2,1-6H3/t10-/m0/s1. The van der Waals surface area contributed by atoms with E-state index in [1.54, 1.807) is 0 Å². The molecule has 0 bridgehead atoms. The highest BCUT2D eigenvalue weighted by molar-refractivity contribution is 6.20. The Kier molecular flexibility index (Phi) is 3.74. The van der Waals surface area contributed by atoms with Gasteiger partial charge in [0, 0.05) is 25.2 Å². The molecule has 0 aromatic heterocycles. The van der Waals surface area contributed by atoms with E-state index in [0.29, 0.717) is 0 Å². The second kappa shape index (κ2) is 4.23. The van der Waals surface area contributed by atoms with Crippen molar-refractivity contribution in [3.63, 3.8) is 0 Å². The molecule has 0 saturated carbocycles. The van der Waals surface area contributed by atoms with Crippen molar-refractivity contribution < 1.29 is 0 Å². The van der Waals surface area contributed by atoms with Gasteiger partial charge in [-0.2, -0.15) is 0 Å². The molecule has 1 atom stereocenters. The Bertz CT molecular complexity index is 220. The number of rotatable bonds is 1. The van der Waals surface area contributed by atoms with Crippen molar-refractivity contribution in [3.05, 3.63) is 0 Å². The van der Waals surface area contributed by atoms with Crippen LogP contribution < -0.4 is 0 Å². The molecule has 0 N–H and O–H groups in total. The van der Waals surface area contributed by atoms with Gasteiger partial charge in [-0.25, -0.2) is 0 Å². The molecule has 15 heavy (non-hydrogen) atoms. The number of alkyl halides is 1. The second-order valence-corrected chi connectivity index (χ2v) is 6.70. The Morgan fingerprint density at radius 2 is 1.60 bits per heavy atom. The first-order valence-electron chi connectivity index (χ1n) is 5.75. The molecular formula is C12H25ClN2. The maximum absolute atomic E-state index is 6.45. The molecule has 0 aromatic carbocycles. The first-order chi connectivity index (χ1) is 6.66. The van der Waals surface area contributed by atoms with E-state index in [1.807, 2.05) is 0 Å². The predicted octanol–water partition coefficient (Wildman–Crippen LogP) is 2.62. The minimum atomic E-state index is 0.137. The van der Waals surface area contributed by atoms with Crippen molar-refractivity contribution in [3.8, 4) is 0 Å². The van der Waals surface area contributed by atoms with Gasteiger partial charge in [-0.05, 0) is 26.3 Å². The van der Waals surface area contributed by atoms with E-state index >= 15 is 0 Å². The third kappa shape index (κ3) is 2.66.